The van der Waals surface area contributed by atoms with Gasteiger partial charge in [-0.25, -0.2) is 8.42 Å². The van der Waals surface area contributed by atoms with E-state index in [2.05, 4.69) is 4.72 Å². The van der Waals surface area contributed by atoms with E-state index in [-0.39, 0.29) is 10.8 Å². The number of anilines is 1. The second-order valence-electron chi connectivity index (χ2n) is 6.67. The van der Waals surface area contributed by atoms with Gasteiger partial charge in [-0.05, 0) is 73.5 Å². The number of aryl methyl sites for hydroxylation is 2. The van der Waals surface area contributed by atoms with E-state index in [1.165, 1.54) is 4.90 Å². The van der Waals surface area contributed by atoms with Crippen LogP contribution < -0.4 is 4.72 Å². The van der Waals surface area contributed by atoms with Crippen molar-refractivity contribution in [3.63, 3.8) is 0 Å². The van der Waals surface area contributed by atoms with Gasteiger partial charge in [-0.15, -0.1) is 0 Å². The average molecular weight is 398 g/mol. The number of hydrogen-bond donors (Lipinski definition) is 1. The van der Waals surface area contributed by atoms with Crippen LogP contribution in [0.1, 0.15) is 27.2 Å². The zero-order valence-electron chi connectivity index (χ0n) is 16.0. The Morgan fingerprint density at radius 2 is 1.75 bits per heavy atom. The molecule has 0 bridgehead atoms. The number of carbonyl (C=O) groups excluding carboxylic acids is 1. The van der Waals surface area contributed by atoms with Crippen molar-refractivity contribution in [2.24, 2.45) is 0 Å². The third kappa shape index (κ3) is 4.43. The molecule has 3 rings (SSSR count). The molecule has 0 unspecified atom stereocenters. The molecule has 2 aromatic carbocycles. The summed E-state index contributed by atoms with van der Waals surface area (Å²) in [6, 6.07) is 14.9. The average Bonchev–Trinajstić information content (AvgIpc) is 3.16. The number of carbonyl (C=O) groups is 1. The fourth-order valence-electron chi connectivity index (χ4n) is 2.70. The highest BCUT2D eigenvalue weighted by Crippen LogP contribution is 2.20. The number of rotatable bonds is 6. The minimum absolute atomic E-state index is 0.181. The van der Waals surface area contributed by atoms with Crippen LogP contribution in [0, 0.1) is 13.8 Å². The summed E-state index contributed by atoms with van der Waals surface area (Å²) in [5.41, 5.74) is 2.79. The number of sulfonamides is 1. The van der Waals surface area contributed by atoms with Crippen LogP contribution in [0.3, 0.4) is 0 Å². The van der Waals surface area contributed by atoms with Gasteiger partial charge < -0.3 is 9.32 Å². The Kier molecular flexibility index (Phi) is 5.56. The molecular weight excluding hydrogens is 376 g/mol. The van der Waals surface area contributed by atoms with Crippen molar-refractivity contribution < 1.29 is 17.6 Å². The highest BCUT2D eigenvalue weighted by Gasteiger charge is 2.16. The molecule has 7 heteroatoms. The van der Waals surface area contributed by atoms with Gasteiger partial charge in [0.15, 0.2) is 0 Å². The maximum absolute atomic E-state index is 12.6. The maximum atomic E-state index is 12.6. The van der Waals surface area contributed by atoms with E-state index in [0.29, 0.717) is 23.6 Å². The zero-order valence-corrected chi connectivity index (χ0v) is 16.8. The fraction of sp³-hybridized carbons (Fsp3) is 0.190. The molecule has 1 amide bonds. The van der Waals surface area contributed by atoms with Crippen LogP contribution in [0.5, 0.6) is 0 Å². The minimum Gasteiger partial charge on any atom is -0.467 e. The normalized spacial score (nSPS) is 11.2. The van der Waals surface area contributed by atoms with Gasteiger partial charge in [0.2, 0.25) is 0 Å². The van der Waals surface area contributed by atoms with E-state index in [9.17, 15) is 13.2 Å². The van der Waals surface area contributed by atoms with Crippen molar-refractivity contribution in [3.8, 4) is 0 Å². The molecule has 0 saturated heterocycles. The Balaban J connectivity index is 1.71. The Hall–Kier alpha value is -3.06. The second-order valence-corrected chi connectivity index (χ2v) is 8.35. The van der Waals surface area contributed by atoms with Crippen molar-refractivity contribution in [1.82, 2.24) is 4.90 Å². The first-order valence-electron chi connectivity index (χ1n) is 8.74. The third-order valence-electron chi connectivity index (χ3n) is 4.49. The summed E-state index contributed by atoms with van der Waals surface area (Å²) in [5.74, 6) is 0.508. The molecule has 0 aliphatic rings. The number of furan rings is 1. The maximum Gasteiger partial charge on any atom is 0.261 e. The second kappa shape index (κ2) is 7.90. The largest absolute Gasteiger partial charge is 0.467 e. The molecule has 0 spiro atoms. The van der Waals surface area contributed by atoms with Crippen molar-refractivity contribution in [3.05, 3.63) is 83.3 Å². The molecular formula is C21H22N2O4S. The molecule has 146 valence electrons. The molecule has 0 saturated carbocycles. The highest BCUT2D eigenvalue weighted by molar-refractivity contribution is 7.92. The number of amides is 1. The Morgan fingerprint density at radius 1 is 1.04 bits per heavy atom. The standard InChI is InChI=1S/C21H22N2O4S/c1-15-6-11-20(13-16(15)2)28(25,26)22-18-9-7-17(8-10-18)21(24)23(3)14-19-5-4-12-27-19/h4-13,22H,14H2,1-3H3. The highest BCUT2D eigenvalue weighted by atomic mass is 32.2. The number of hydrogen-bond acceptors (Lipinski definition) is 4. The first-order chi connectivity index (χ1) is 13.3. The van der Waals surface area contributed by atoms with Gasteiger partial charge in [-0.2, -0.15) is 0 Å². The van der Waals surface area contributed by atoms with Gasteiger partial charge >= 0.3 is 0 Å². The lowest BCUT2D eigenvalue weighted by atomic mass is 10.1. The van der Waals surface area contributed by atoms with E-state index >= 15 is 0 Å². The van der Waals surface area contributed by atoms with Crippen molar-refractivity contribution in [2.75, 3.05) is 11.8 Å². The SMILES string of the molecule is Cc1ccc(S(=O)(=O)Nc2ccc(C(=O)N(C)Cc3ccco3)cc2)cc1C. The van der Waals surface area contributed by atoms with Gasteiger partial charge in [0, 0.05) is 18.3 Å². The van der Waals surface area contributed by atoms with Gasteiger partial charge in [-0.1, -0.05) is 6.07 Å². The van der Waals surface area contributed by atoms with E-state index < -0.39 is 10.0 Å². The first kappa shape index (κ1) is 19.7. The van der Waals surface area contributed by atoms with E-state index in [4.69, 9.17) is 4.42 Å². The summed E-state index contributed by atoms with van der Waals surface area (Å²) in [6.45, 7) is 4.15. The fourth-order valence-corrected chi connectivity index (χ4v) is 3.85. The molecule has 6 nitrogen and oxygen atoms in total. The summed E-state index contributed by atoms with van der Waals surface area (Å²) < 4.78 is 32.9. The van der Waals surface area contributed by atoms with Gasteiger partial charge in [0.05, 0.1) is 17.7 Å². The monoisotopic (exact) mass is 398 g/mol. The lowest BCUT2D eigenvalue weighted by molar-refractivity contribution is 0.0775. The molecule has 0 fully saturated rings. The lowest BCUT2D eigenvalue weighted by Crippen LogP contribution is -2.26. The van der Waals surface area contributed by atoms with Crippen molar-refractivity contribution >= 4 is 21.6 Å². The zero-order chi connectivity index (χ0) is 20.3. The quantitative estimate of drug-likeness (QED) is 0.681. The molecule has 28 heavy (non-hydrogen) atoms. The van der Waals surface area contributed by atoms with E-state index in [0.717, 1.165) is 11.1 Å². The van der Waals surface area contributed by atoms with Crippen LogP contribution in [0.4, 0.5) is 5.69 Å². The first-order valence-corrected chi connectivity index (χ1v) is 10.2. The molecule has 0 radical (unpaired) electrons. The predicted molar refractivity (Wildman–Crippen MR) is 108 cm³/mol. The molecule has 1 heterocycles. The van der Waals surface area contributed by atoms with Crippen LogP contribution in [0.15, 0.2) is 70.2 Å². The van der Waals surface area contributed by atoms with Crippen LogP contribution >= 0.6 is 0 Å². The van der Waals surface area contributed by atoms with E-state index in [1.807, 2.05) is 13.8 Å². The van der Waals surface area contributed by atoms with Gasteiger partial charge in [-0.3, -0.25) is 9.52 Å². The number of nitrogens with zero attached hydrogens (tertiary/aromatic N) is 1. The van der Waals surface area contributed by atoms with Crippen LogP contribution in [0.25, 0.3) is 0 Å². The summed E-state index contributed by atoms with van der Waals surface area (Å²) in [6.07, 6.45) is 1.56. The summed E-state index contributed by atoms with van der Waals surface area (Å²) >= 11 is 0. The van der Waals surface area contributed by atoms with Gasteiger partial charge in [0.25, 0.3) is 15.9 Å². The molecule has 0 atom stereocenters. The smallest absolute Gasteiger partial charge is 0.261 e. The van der Waals surface area contributed by atoms with Crippen molar-refractivity contribution in [2.45, 2.75) is 25.3 Å². The summed E-state index contributed by atoms with van der Waals surface area (Å²) in [7, 11) is -2.01. The Labute approximate surface area is 164 Å². The van der Waals surface area contributed by atoms with Crippen LogP contribution in [-0.2, 0) is 16.6 Å². The summed E-state index contributed by atoms with van der Waals surface area (Å²) in [4.78, 5) is 14.2. The Morgan fingerprint density at radius 3 is 2.36 bits per heavy atom. The Bertz CT molecular complexity index is 1070. The van der Waals surface area contributed by atoms with Gasteiger partial charge in [0.1, 0.15) is 5.76 Å². The molecule has 0 aliphatic heterocycles. The molecule has 1 aromatic heterocycles. The lowest BCUT2D eigenvalue weighted by Gasteiger charge is -2.16. The van der Waals surface area contributed by atoms with E-state index in [1.54, 1.807) is 67.9 Å². The third-order valence-corrected chi connectivity index (χ3v) is 5.87. The van der Waals surface area contributed by atoms with Crippen molar-refractivity contribution in [1.29, 1.82) is 0 Å². The predicted octanol–water partition coefficient (Wildman–Crippen LogP) is 3.97. The topological polar surface area (TPSA) is 79.6 Å². The van der Waals surface area contributed by atoms with Crippen LogP contribution in [-0.4, -0.2) is 26.3 Å². The molecule has 3 aromatic rings. The van der Waals surface area contributed by atoms with Crippen LogP contribution in [0.2, 0.25) is 0 Å². The number of benzene rings is 2. The summed E-state index contributed by atoms with van der Waals surface area (Å²) in [5, 5.41) is 0. The molecule has 0 aliphatic carbocycles. The molecule has 1 N–H and O–H groups in total. The number of nitrogens with one attached hydrogen (secondary N) is 1. The minimum atomic E-state index is -3.69.